The van der Waals surface area contributed by atoms with E-state index in [1.807, 2.05) is 24.3 Å². The standard InChI is InChI=1S/C23H43N2O2S.HI/c1-5-6-7-8-9-10-11-12-13-14-15-16-21-28(26,27)24-22-17-19-23(20-18-22)25(2,3)4;/h17-20,24H,5-16,21H2,1-4H3;1H/q+1;/p-1. The van der Waals surface area contributed by atoms with E-state index >= 15 is 0 Å². The lowest BCUT2D eigenvalue weighted by atomic mass is 10.1. The van der Waals surface area contributed by atoms with Crippen LogP contribution in [-0.2, 0) is 10.0 Å². The lowest BCUT2D eigenvalue weighted by Crippen LogP contribution is -3.00. The summed E-state index contributed by atoms with van der Waals surface area (Å²) in [6.45, 7) is 2.25. The SMILES string of the molecule is CCCCCCCCCCCCCCS(=O)(=O)Nc1ccc([N+](C)(C)C)cc1.[I-]. The highest BCUT2D eigenvalue weighted by Crippen LogP contribution is 2.20. The number of nitrogens with one attached hydrogen (secondary N) is 1. The minimum Gasteiger partial charge on any atom is -1.00 e. The summed E-state index contributed by atoms with van der Waals surface area (Å²) in [6, 6.07) is 7.64. The van der Waals surface area contributed by atoms with Crippen molar-refractivity contribution in [1.82, 2.24) is 4.48 Å². The number of benzene rings is 1. The molecule has 0 saturated carbocycles. The van der Waals surface area contributed by atoms with E-state index in [1.165, 1.54) is 57.8 Å². The molecule has 1 N–H and O–H groups in total. The predicted molar refractivity (Wildman–Crippen MR) is 124 cm³/mol. The third-order valence-corrected chi connectivity index (χ3v) is 6.55. The first-order valence-electron chi connectivity index (χ1n) is 11.2. The summed E-state index contributed by atoms with van der Waals surface area (Å²) in [4.78, 5) is 0. The molecule has 0 aliphatic rings. The summed E-state index contributed by atoms with van der Waals surface area (Å²) >= 11 is 0. The number of halogens is 1. The minimum absolute atomic E-state index is 0. The number of quaternary nitrogens is 1. The van der Waals surface area contributed by atoms with Gasteiger partial charge < -0.3 is 24.0 Å². The molecule has 6 heteroatoms. The fraction of sp³-hybridized carbons (Fsp3) is 0.739. The smallest absolute Gasteiger partial charge is 0.232 e. The van der Waals surface area contributed by atoms with E-state index in [4.69, 9.17) is 0 Å². The van der Waals surface area contributed by atoms with E-state index in [0.717, 1.165) is 24.9 Å². The van der Waals surface area contributed by atoms with Crippen LogP contribution in [0.3, 0.4) is 0 Å². The van der Waals surface area contributed by atoms with E-state index in [-0.39, 0.29) is 29.7 Å². The van der Waals surface area contributed by atoms with Gasteiger partial charge in [-0.1, -0.05) is 77.6 Å². The van der Waals surface area contributed by atoms with Crippen molar-refractivity contribution < 1.29 is 32.4 Å². The van der Waals surface area contributed by atoms with Gasteiger partial charge in [-0.15, -0.1) is 0 Å². The molecule has 1 aromatic rings. The lowest BCUT2D eigenvalue weighted by Gasteiger charge is -2.23. The zero-order valence-electron chi connectivity index (χ0n) is 19.1. The van der Waals surface area contributed by atoms with Gasteiger partial charge in [0.05, 0.1) is 26.9 Å². The summed E-state index contributed by atoms with van der Waals surface area (Å²) in [7, 11) is 3.02. The van der Waals surface area contributed by atoms with Crippen LogP contribution in [0.1, 0.15) is 84.0 Å². The van der Waals surface area contributed by atoms with Crippen molar-refractivity contribution in [1.29, 1.82) is 0 Å². The van der Waals surface area contributed by atoms with E-state index < -0.39 is 10.0 Å². The van der Waals surface area contributed by atoms with Crippen LogP contribution in [0.5, 0.6) is 0 Å². The van der Waals surface area contributed by atoms with Crippen molar-refractivity contribution >= 4 is 21.4 Å². The van der Waals surface area contributed by atoms with Gasteiger partial charge in [0.25, 0.3) is 0 Å². The Labute approximate surface area is 197 Å². The molecular formula is C23H43IN2O2S. The van der Waals surface area contributed by atoms with Crippen molar-refractivity contribution in [3.05, 3.63) is 24.3 Å². The Bertz CT molecular complexity index is 625. The molecule has 0 fully saturated rings. The highest BCUT2D eigenvalue weighted by molar-refractivity contribution is 7.92. The highest BCUT2D eigenvalue weighted by atomic mass is 127. The van der Waals surface area contributed by atoms with Gasteiger partial charge in [0, 0.05) is 17.8 Å². The van der Waals surface area contributed by atoms with Gasteiger partial charge in [-0.3, -0.25) is 9.21 Å². The molecule has 0 radical (unpaired) electrons. The number of hydrogen-bond acceptors (Lipinski definition) is 2. The number of anilines is 1. The van der Waals surface area contributed by atoms with Crippen LogP contribution in [0.25, 0.3) is 0 Å². The third-order valence-electron chi connectivity index (χ3n) is 5.18. The first kappa shape index (κ1) is 28.7. The Kier molecular flexibility index (Phi) is 15.3. The van der Waals surface area contributed by atoms with Crippen molar-refractivity contribution in [2.75, 3.05) is 31.6 Å². The van der Waals surface area contributed by atoms with Crippen LogP contribution in [0.15, 0.2) is 24.3 Å². The maximum Gasteiger partial charge on any atom is 0.232 e. The molecule has 1 aromatic carbocycles. The van der Waals surface area contributed by atoms with Crippen molar-refractivity contribution in [3.8, 4) is 0 Å². The van der Waals surface area contributed by atoms with Crippen molar-refractivity contribution in [3.63, 3.8) is 0 Å². The lowest BCUT2D eigenvalue weighted by molar-refractivity contribution is -0.00000871. The minimum atomic E-state index is -3.25. The second-order valence-electron chi connectivity index (χ2n) is 8.87. The van der Waals surface area contributed by atoms with Gasteiger partial charge in [-0.25, -0.2) is 8.42 Å². The fourth-order valence-electron chi connectivity index (χ4n) is 3.34. The van der Waals surface area contributed by atoms with Crippen LogP contribution in [0, 0.1) is 0 Å². The molecule has 0 aliphatic heterocycles. The van der Waals surface area contributed by atoms with Crippen LogP contribution in [0.4, 0.5) is 11.4 Å². The van der Waals surface area contributed by atoms with E-state index in [1.54, 1.807) is 0 Å². The normalized spacial score (nSPS) is 11.9. The Balaban J connectivity index is 0.00000784. The van der Waals surface area contributed by atoms with Crippen molar-refractivity contribution in [2.24, 2.45) is 0 Å². The quantitative estimate of drug-likeness (QED) is 0.200. The molecule has 0 amide bonds. The van der Waals surface area contributed by atoms with Gasteiger partial charge in [0.2, 0.25) is 10.0 Å². The monoisotopic (exact) mass is 538 g/mol. The maximum absolute atomic E-state index is 12.2. The summed E-state index contributed by atoms with van der Waals surface area (Å²) < 4.78 is 27.9. The molecule has 0 bridgehead atoms. The third kappa shape index (κ3) is 14.3. The van der Waals surface area contributed by atoms with Gasteiger partial charge >= 0.3 is 0 Å². The van der Waals surface area contributed by atoms with E-state index in [9.17, 15) is 8.42 Å². The molecule has 0 atom stereocenters. The molecule has 0 spiro atoms. The van der Waals surface area contributed by atoms with E-state index in [0.29, 0.717) is 10.2 Å². The molecule has 0 heterocycles. The second kappa shape index (κ2) is 15.5. The molecule has 0 unspecified atom stereocenters. The summed E-state index contributed by atoms with van der Waals surface area (Å²) in [5.74, 6) is 0.210. The van der Waals surface area contributed by atoms with Gasteiger partial charge in [-0.05, 0) is 18.6 Å². The molecule has 29 heavy (non-hydrogen) atoms. The first-order chi connectivity index (χ1) is 13.2. The average molecular weight is 539 g/mol. The number of unbranched alkanes of at least 4 members (excludes halogenated alkanes) is 11. The number of nitrogens with zero attached hydrogens (tertiary/aromatic N) is 1. The zero-order valence-corrected chi connectivity index (χ0v) is 22.0. The number of hydrogen-bond donors (Lipinski definition) is 1. The molecule has 1 rings (SSSR count). The van der Waals surface area contributed by atoms with Crippen LogP contribution in [0.2, 0.25) is 0 Å². The van der Waals surface area contributed by atoms with Crippen LogP contribution < -0.4 is 33.2 Å². The topological polar surface area (TPSA) is 46.2 Å². The summed E-state index contributed by atoms with van der Waals surface area (Å²) in [5.41, 5.74) is 1.79. The Hall–Kier alpha value is -0.340. The second-order valence-corrected chi connectivity index (χ2v) is 10.7. The summed E-state index contributed by atoms with van der Waals surface area (Å²) in [6.07, 6.45) is 14.9. The summed E-state index contributed by atoms with van der Waals surface area (Å²) in [5, 5.41) is 0. The average Bonchev–Trinajstić information content (AvgIpc) is 2.62. The van der Waals surface area contributed by atoms with Crippen molar-refractivity contribution in [2.45, 2.75) is 84.0 Å². The van der Waals surface area contributed by atoms with Gasteiger partial charge in [0.1, 0.15) is 5.69 Å². The molecule has 4 nitrogen and oxygen atoms in total. The van der Waals surface area contributed by atoms with Gasteiger partial charge in [-0.2, -0.15) is 0 Å². The van der Waals surface area contributed by atoms with Crippen LogP contribution in [-0.4, -0.2) is 35.3 Å². The van der Waals surface area contributed by atoms with Crippen LogP contribution >= 0.6 is 0 Å². The number of sulfonamides is 1. The fourth-order valence-corrected chi connectivity index (χ4v) is 4.52. The molecule has 0 saturated heterocycles. The first-order valence-corrected chi connectivity index (χ1v) is 12.8. The Morgan fingerprint density at radius 3 is 1.55 bits per heavy atom. The number of rotatable bonds is 16. The molecule has 170 valence electrons. The van der Waals surface area contributed by atoms with E-state index in [2.05, 4.69) is 32.8 Å². The Morgan fingerprint density at radius 1 is 0.724 bits per heavy atom. The molecular weight excluding hydrogens is 495 g/mol. The van der Waals surface area contributed by atoms with Gasteiger partial charge in [0.15, 0.2) is 0 Å². The molecule has 0 aliphatic carbocycles. The highest BCUT2D eigenvalue weighted by Gasteiger charge is 2.13. The zero-order chi connectivity index (χ0) is 20.9. The maximum atomic E-state index is 12.2. The largest absolute Gasteiger partial charge is 1.00 e. The molecule has 0 aromatic heterocycles. The Morgan fingerprint density at radius 2 is 1.14 bits per heavy atom. The predicted octanol–water partition coefficient (Wildman–Crippen LogP) is 3.33.